The van der Waals surface area contributed by atoms with Gasteiger partial charge in [-0.1, -0.05) is 13.0 Å². The molecule has 2 nitrogen and oxygen atoms in total. The third-order valence-electron chi connectivity index (χ3n) is 1.01. The molecule has 1 heterocycles. The minimum atomic E-state index is 0.657. The van der Waals surface area contributed by atoms with Gasteiger partial charge in [-0.05, 0) is 12.5 Å². The lowest BCUT2D eigenvalue weighted by atomic mass is 10.5. The van der Waals surface area contributed by atoms with Crippen LogP contribution < -0.4 is 4.74 Å². The number of aromatic nitrogens is 1. The van der Waals surface area contributed by atoms with E-state index in [9.17, 15) is 0 Å². The van der Waals surface area contributed by atoms with Gasteiger partial charge >= 0.3 is 0 Å². The van der Waals surface area contributed by atoms with Gasteiger partial charge in [0.05, 0.1) is 0 Å². The fourth-order valence-corrected chi connectivity index (χ4v) is 0.586. The summed E-state index contributed by atoms with van der Waals surface area (Å²) in [5.41, 5.74) is 0. The molecule has 2 heteroatoms. The van der Waals surface area contributed by atoms with Crippen molar-refractivity contribution in [2.45, 2.75) is 13.3 Å². The van der Waals surface area contributed by atoms with Gasteiger partial charge in [-0.3, -0.25) is 0 Å². The average Bonchev–Trinajstić information content (AvgIpc) is 2.03. The molecule has 10 heavy (non-hydrogen) atoms. The molecule has 0 aliphatic heterocycles. The molecule has 1 radical (unpaired) electrons. The first-order valence-electron chi connectivity index (χ1n) is 3.33. The molecule has 0 unspecified atom stereocenters. The second kappa shape index (κ2) is 3.88. The Morgan fingerprint density at radius 3 is 3.10 bits per heavy atom. The van der Waals surface area contributed by atoms with Gasteiger partial charge in [-0.25, -0.2) is 4.98 Å². The Hall–Kier alpha value is -1.05. The summed E-state index contributed by atoms with van der Waals surface area (Å²) in [7, 11) is 0. The molecule has 53 valence electrons. The lowest BCUT2D eigenvalue weighted by Gasteiger charge is -1.99. The van der Waals surface area contributed by atoms with Crippen molar-refractivity contribution >= 4 is 0 Å². The van der Waals surface area contributed by atoms with Gasteiger partial charge in [0.1, 0.15) is 6.61 Å². The molecule has 0 bridgehead atoms. The number of rotatable bonds is 3. The molecular weight excluding hydrogens is 126 g/mol. The monoisotopic (exact) mass is 136 g/mol. The summed E-state index contributed by atoms with van der Waals surface area (Å²) in [4.78, 5) is 3.96. The normalized spacial score (nSPS) is 9.30. The molecule has 0 atom stereocenters. The van der Waals surface area contributed by atoms with E-state index >= 15 is 0 Å². The minimum absolute atomic E-state index is 0.657. The maximum absolute atomic E-state index is 5.12. The molecule has 0 saturated carbocycles. The van der Waals surface area contributed by atoms with Crippen molar-refractivity contribution < 1.29 is 4.74 Å². The van der Waals surface area contributed by atoms with Crippen molar-refractivity contribution in [2.75, 3.05) is 0 Å². The Labute approximate surface area is 60.9 Å². The van der Waals surface area contributed by atoms with Crippen LogP contribution in [-0.2, 0) is 0 Å². The number of hydrogen-bond donors (Lipinski definition) is 0. The smallest absolute Gasteiger partial charge is 0.213 e. The first kappa shape index (κ1) is 7.06. The van der Waals surface area contributed by atoms with E-state index in [1.54, 1.807) is 12.8 Å². The average molecular weight is 136 g/mol. The molecule has 1 aromatic heterocycles. The SMILES string of the molecule is CC[CH]Oc1ccccn1. The summed E-state index contributed by atoms with van der Waals surface area (Å²) in [5.74, 6) is 0.657. The molecule has 0 aliphatic carbocycles. The summed E-state index contributed by atoms with van der Waals surface area (Å²) >= 11 is 0. The van der Waals surface area contributed by atoms with Gasteiger partial charge in [0.15, 0.2) is 0 Å². The first-order valence-corrected chi connectivity index (χ1v) is 3.33. The molecule has 0 amide bonds. The Morgan fingerprint density at radius 1 is 1.60 bits per heavy atom. The Kier molecular flexibility index (Phi) is 2.74. The molecule has 0 aromatic carbocycles. The minimum Gasteiger partial charge on any atom is -0.470 e. The van der Waals surface area contributed by atoms with E-state index in [1.807, 2.05) is 25.1 Å². The summed E-state index contributed by atoms with van der Waals surface area (Å²) in [6, 6.07) is 5.58. The van der Waals surface area contributed by atoms with E-state index in [0.29, 0.717) is 5.88 Å². The molecule has 1 aromatic rings. The van der Waals surface area contributed by atoms with E-state index in [4.69, 9.17) is 4.74 Å². The van der Waals surface area contributed by atoms with Crippen LogP contribution in [0.5, 0.6) is 5.88 Å². The largest absolute Gasteiger partial charge is 0.470 e. The molecular formula is C8H10NO. The van der Waals surface area contributed by atoms with Crippen LogP contribution in [-0.4, -0.2) is 4.98 Å². The van der Waals surface area contributed by atoms with Crippen LogP contribution >= 0.6 is 0 Å². The van der Waals surface area contributed by atoms with Gasteiger partial charge in [0, 0.05) is 12.3 Å². The zero-order valence-electron chi connectivity index (χ0n) is 5.95. The van der Waals surface area contributed by atoms with Crippen LogP contribution in [0.1, 0.15) is 13.3 Å². The highest BCUT2D eigenvalue weighted by Crippen LogP contribution is 2.04. The van der Waals surface area contributed by atoms with Crippen molar-refractivity contribution in [1.82, 2.24) is 4.98 Å². The molecule has 0 saturated heterocycles. The predicted molar refractivity (Wildman–Crippen MR) is 39.5 cm³/mol. The van der Waals surface area contributed by atoms with E-state index in [2.05, 4.69) is 4.98 Å². The van der Waals surface area contributed by atoms with Gasteiger partial charge in [0.25, 0.3) is 0 Å². The number of pyridine rings is 1. The second-order valence-corrected chi connectivity index (χ2v) is 1.86. The standard InChI is InChI=1S/C8H10NO/c1-2-7-10-8-5-3-4-6-9-8/h3-7H,2H2,1H3. The van der Waals surface area contributed by atoms with Crippen LogP contribution in [0, 0.1) is 6.61 Å². The molecule has 1 rings (SSSR count). The predicted octanol–water partition coefficient (Wildman–Crippen LogP) is 2.03. The third-order valence-corrected chi connectivity index (χ3v) is 1.01. The van der Waals surface area contributed by atoms with Crippen molar-refractivity contribution in [3.63, 3.8) is 0 Å². The van der Waals surface area contributed by atoms with Gasteiger partial charge < -0.3 is 4.74 Å². The fourth-order valence-electron chi connectivity index (χ4n) is 0.586. The van der Waals surface area contributed by atoms with E-state index in [0.717, 1.165) is 6.42 Å². The van der Waals surface area contributed by atoms with Crippen molar-refractivity contribution in [3.05, 3.63) is 31.0 Å². The molecule has 0 N–H and O–H groups in total. The summed E-state index contributed by atoms with van der Waals surface area (Å²) < 4.78 is 5.12. The second-order valence-electron chi connectivity index (χ2n) is 1.86. The van der Waals surface area contributed by atoms with Crippen LogP contribution in [0.15, 0.2) is 24.4 Å². The van der Waals surface area contributed by atoms with Gasteiger partial charge in [0.2, 0.25) is 5.88 Å². The summed E-state index contributed by atoms with van der Waals surface area (Å²) in [6.45, 7) is 3.74. The number of ether oxygens (including phenoxy) is 1. The first-order chi connectivity index (χ1) is 4.93. The molecule has 0 fully saturated rings. The zero-order valence-corrected chi connectivity index (χ0v) is 5.95. The summed E-state index contributed by atoms with van der Waals surface area (Å²) in [5, 5.41) is 0. The number of nitrogens with zero attached hydrogens (tertiary/aromatic N) is 1. The highest BCUT2D eigenvalue weighted by Gasteiger charge is 1.88. The van der Waals surface area contributed by atoms with Gasteiger partial charge in [-0.2, -0.15) is 0 Å². The van der Waals surface area contributed by atoms with Crippen LogP contribution in [0.25, 0.3) is 0 Å². The highest BCUT2D eigenvalue weighted by atomic mass is 16.5. The van der Waals surface area contributed by atoms with E-state index < -0.39 is 0 Å². The van der Waals surface area contributed by atoms with Gasteiger partial charge in [-0.15, -0.1) is 0 Å². The zero-order chi connectivity index (χ0) is 7.23. The van der Waals surface area contributed by atoms with E-state index in [-0.39, 0.29) is 0 Å². The highest BCUT2D eigenvalue weighted by molar-refractivity contribution is 5.09. The van der Waals surface area contributed by atoms with Crippen molar-refractivity contribution in [2.24, 2.45) is 0 Å². The Balaban J connectivity index is 2.43. The van der Waals surface area contributed by atoms with Crippen LogP contribution in [0.3, 0.4) is 0 Å². The van der Waals surface area contributed by atoms with Crippen LogP contribution in [0.2, 0.25) is 0 Å². The maximum atomic E-state index is 5.12. The maximum Gasteiger partial charge on any atom is 0.213 e. The van der Waals surface area contributed by atoms with Crippen LogP contribution in [0.4, 0.5) is 0 Å². The fraction of sp³-hybridized carbons (Fsp3) is 0.250. The van der Waals surface area contributed by atoms with Crippen molar-refractivity contribution in [1.29, 1.82) is 0 Å². The lowest BCUT2D eigenvalue weighted by Crippen LogP contribution is -1.89. The Bertz CT molecular complexity index is 174. The number of hydrogen-bond acceptors (Lipinski definition) is 2. The van der Waals surface area contributed by atoms with Crippen molar-refractivity contribution in [3.8, 4) is 5.88 Å². The van der Waals surface area contributed by atoms with E-state index in [1.165, 1.54) is 0 Å². The quantitative estimate of drug-likeness (QED) is 0.634. The topological polar surface area (TPSA) is 22.1 Å². The third kappa shape index (κ3) is 2.05. The summed E-state index contributed by atoms with van der Waals surface area (Å²) in [6.07, 6.45) is 2.61. The molecule has 0 aliphatic rings. The molecule has 0 spiro atoms. The Morgan fingerprint density at radius 2 is 2.50 bits per heavy atom. The lowest BCUT2D eigenvalue weighted by molar-refractivity contribution is 0.382.